The molecule has 3 heteroatoms. The van der Waals surface area contributed by atoms with E-state index in [1.165, 1.54) is 0 Å². The Morgan fingerprint density at radius 1 is 1.56 bits per heavy atom. The van der Waals surface area contributed by atoms with Crippen molar-refractivity contribution in [2.24, 2.45) is 0 Å². The van der Waals surface area contributed by atoms with Crippen molar-refractivity contribution in [1.82, 2.24) is 4.90 Å². The molecule has 1 amide bonds. The third kappa shape index (κ3) is 2.73. The van der Waals surface area contributed by atoms with Crippen molar-refractivity contribution < 1.29 is 4.79 Å². The van der Waals surface area contributed by atoms with Crippen LogP contribution in [-0.2, 0) is 0 Å². The van der Waals surface area contributed by atoms with Gasteiger partial charge in [0.25, 0.3) is 5.91 Å². The molecule has 1 rings (SSSR count). The van der Waals surface area contributed by atoms with Crippen molar-refractivity contribution in [3.8, 4) is 0 Å². The normalized spacial score (nSPS) is 9.94. The minimum Gasteiger partial charge on any atom is -0.335 e. The summed E-state index contributed by atoms with van der Waals surface area (Å²) in [5, 5.41) is 0. The lowest BCUT2D eigenvalue weighted by Gasteiger charge is -2.20. The maximum absolute atomic E-state index is 12.2. The number of benzene rings is 1. The van der Waals surface area contributed by atoms with E-state index >= 15 is 0 Å². The number of likely N-dealkylation sites (N-methyl/N-ethyl adjacent to an activating group) is 1. The first-order chi connectivity index (χ1) is 7.61. The van der Waals surface area contributed by atoms with E-state index in [1.807, 2.05) is 32.0 Å². The van der Waals surface area contributed by atoms with Gasteiger partial charge in [0.05, 0.1) is 5.56 Å². The number of hydrogen-bond donors (Lipinski definition) is 0. The molecule has 0 atom stereocenters. The molecule has 1 aromatic carbocycles. The average Bonchev–Trinajstić information content (AvgIpc) is 2.29. The summed E-state index contributed by atoms with van der Waals surface area (Å²) in [6, 6.07) is 5.71. The number of carbonyl (C=O) groups excluding carboxylic acids is 1. The van der Waals surface area contributed by atoms with Gasteiger partial charge in [-0.1, -0.05) is 18.2 Å². The van der Waals surface area contributed by atoms with E-state index in [0.717, 1.165) is 10.0 Å². The number of rotatable bonds is 4. The van der Waals surface area contributed by atoms with Crippen LogP contribution < -0.4 is 0 Å². The molecule has 86 valence electrons. The monoisotopic (exact) mass is 281 g/mol. The highest BCUT2D eigenvalue weighted by atomic mass is 79.9. The molecule has 0 N–H and O–H groups in total. The molecule has 0 aromatic heterocycles. The first-order valence-electron chi connectivity index (χ1n) is 5.27. The zero-order valence-electron chi connectivity index (χ0n) is 9.66. The summed E-state index contributed by atoms with van der Waals surface area (Å²) in [5.41, 5.74) is 1.78. The molecule has 0 fully saturated rings. The predicted octanol–water partition coefficient (Wildman–Crippen LogP) is 3.41. The van der Waals surface area contributed by atoms with Crippen molar-refractivity contribution in [1.29, 1.82) is 0 Å². The van der Waals surface area contributed by atoms with Gasteiger partial charge in [0.15, 0.2) is 0 Å². The molecule has 0 spiro atoms. The molecule has 0 aliphatic carbocycles. The second-order valence-electron chi connectivity index (χ2n) is 3.57. The first kappa shape index (κ1) is 13.0. The summed E-state index contributed by atoms with van der Waals surface area (Å²) in [6.07, 6.45) is 1.74. The van der Waals surface area contributed by atoms with Crippen LogP contribution in [0.15, 0.2) is 35.3 Å². The Kier molecular flexibility index (Phi) is 4.74. The molecule has 1 aromatic rings. The molecule has 0 bridgehead atoms. The average molecular weight is 282 g/mol. The van der Waals surface area contributed by atoms with Crippen LogP contribution in [0.1, 0.15) is 22.8 Å². The van der Waals surface area contributed by atoms with Gasteiger partial charge in [0.2, 0.25) is 0 Å². The summed E-state index contributed by atoms with van der Waals surface area (Å²) in [4.78, 5) is 13.9. The van der Waals surface area contributed by atoms with Crippen molar-refractivity contribution >= 4 is 21.8 Å². The number of aryl methyl sites for hydroxylation is 1. The lowest BCUT2D eigenvalue weighted by atomic mass is 10.1. The van der Waals surface area contributed by atoms with Gasteiger partial charge in [-0.15, -0.1) is 6.58 Å². The van der Waals surface area contributed by atoms with E-state index in [-0.39, 0.29) is 5.91 Å². The van der Waals surface area contributed by atoms with E-state index < -0.39 is 0 Å². The SMILES string of the molecule is C=CCN(CC)C(=O)c1cccc(C)c1Br. The lowest BCUT2D eigenvalue weighted by Crippen LogP contribution is -2.31. The van der Waals surface area contributed by atoms with Crippen molar-refractivity contribution in [2.45, 2.75) is 13.8 Å². The van der Waals surface area contributed by atoms with E-state index in [4.69, 9.17) is 0 Å². The van der Waals surface area contributed by atoms with Crippen LogP contribution in [0.3, 0.4) is 0 Å². The fourth-order valence-electron chi connectivity index (χ4n) is 1.49. The first-order valence-corrected chi connectivity index (χ1v) is 6.06. The van der Waals surface area contributed by atoms with E-state index in [2.05, 4.69) is 22.5 Å². The Bertz CT molecular complexity index is 401. The van der Waals surface area contributed by atoms with Gasteiger partial charge in [0, 0.05) is 17.6 Å². The maximum Gasteiger partial charge on any atom is 0.255 e. The third-order valence-electron chi connectivity index (χ3n) is 2.44. The van der Waals surface area contributed by atoms with Gasteiger partial charge in [-0.2, -0.15) is 0 Å². The number of amides is 1. The quantitative estimate of drug-likeness (QED) is 0.775. The zero-order chi connectivity index (χ0) is 12.1. The van der Waals surface area contributed by atoms with Gasteiger partial charge < -0.3 is 4.90 Å². The van der Waals surface area contributed by atoms with Gasteiger partial charge >= 0.3 is 0 Å². The summed E-state index contributed by atoms with van der Waals surface area (Å²) < 4.78 is 0.877. The van der Waals surface area contributed by atoms with Gasteiger partial charge in [-0.3, -0.25) is 4.79 Å². The van der Waals surface area contributed by atoms with E-state index in [9.17, 15) is 4.79 Å². The Balaban J connectivity index is 3.03. The fraction of sp³-hybridized carbons (Fsp3) is 0.308. The molecule has 0 saturated heterocycles. The lowest BCUT2D eigenvalue weighted by molar-refractivity contribution is 0.0781. The molecule has 0 unspecified atom stereocenters. The zero-order valence-corrected chi connectivity index (χ0v) is 11.3. The largest absolute Gasteiger partial charge is 0.335 e. The van der Waals surface area contributed by atoms with Crippen LogP contribution >= 0.6 is 15.9 Å². The van der Waals surface area contributed by atoms with Crippen LogP contribution in [-0.4, -0.2) is 23.9 Å². The Morgan fingerprint density at radius 2 is 2.25 bits per heavy atom. The predicted molar refractivity (Wildman–Crippen MR) is 70.7 cm³/mol. The number of carbonyl (C=O) groups is 1. The highest BCUT2D eigenvalue weighted by Crippen LogP contribution is 2.22. The topological polar surface area (TPSA) is 20.3 Å². The van der Waals surface area contributed by atoms with Crippen LogP contribution in [0.2, 0.25) is 0 Å². The summed E-state index contributed by atoms with van der Waals surface area (Å²) in [5.74, 6) is 0.0398. The van der Waals surface area contributed by atoms with Gasteiger partial charge in [0.1, 0.15) is 0 Å². The molecular formula is C13H16BrNO. The molecule has 2 nitrogen and oxygen atoms in total. The van der Waals surface area contributed by atoms with Crippen LogP contribution in [0, 0.1) is 6.92 Å². The Morgan fingerprint density at radius 3 is 2.81 bits per heavy atom. The highest BCUT2D eigenvalue weighted by molar-refractivity contribution is 9.10. The summed E-state index contributed by atoms with van der Waals surface area (Å²) >= 11 is 3.46. The molecule has 0 aliphatic rings. The van der Waals surface area contributed by atoms with E-state index in [1.54, 1.807) is 11.0 Å². The third-order valence-corrected chi connectivity index (χ3v) is 3.49. The van der Waals surface area contributed by atoms with Crippen LogP contribution in [0.5, 0.6) is 0 Å². The summed E-state index contributed by atoms with van der Waals surface area (Å²) in [7, 11) is 0. The van der Waals surface area contributed by atoms with Crippen molar-refractivity contribution in [3.63, 3.8) is 0 Å². The van der Waals surface area contributed by atoms with Crippen molar-refractivity contribution in [3.05, 3.63) is 46.5 Å². The molecule has 16 heavy (non-hydrogen) atoms. The Labute approximate surface area is 105 Å². The van der Waals surface area contributed by atoms with Crippen molar-refractivity contribution in [2.75, 3.05) is 13.1 Å². The van der Waals surface area contributed by atoms with Crippen LogP contribution in [0.25, 0.3) is 0 Å². The summed E-state index contributed by atoms with van der Waals surface area (Å²) in [6.45, 7) is 8.86. The van der Waals surface area contributed by atoms with E-state index in [0.29, 0.717) is 18.7 Å². The van der Waals surface area contributed by atoms with Gasteiger partial charge in [-0.05, 0) is 41.4 Å². The molecule has 0 radical (unpaired) electrons. The smallest absolute Gasteiger partial charge is 0.255 e. The molecule has 0 heterocycles. The number of halogens is 1. The minimum absolute atomic E-state index is 0.0398. The standard InChI is InChI=1S/C13H16BrNO/c1-4-9-15(5-2)13(16)11-8-6-7-10(3)12(11)14/h4,6-8H,1,5,9H2,2-3H3. The van der Waals surface area contributed by atoms with Crippen LogP contribution in [0.4, 0.5) is 0 Å². The number of nitrogens with zero attached hydrogens (tertiary/aromatic N) is 1. The second-order valence-corrected chi connectivity index (χ2v) is 4.36. The maximum atomic E-state index is 12.2. The molecule has 0 saturated carbocycles. The second kappa shape index (κ2) is 5.85. The minimum atomic E-state index is 0.0398. The number of hydrogen-bond acceptors (Lipinski definition) is 1. The molecular weight excluding hydrogens is 266 g/mol. The fourth-order valence-corrected chi connectivity index (χ4v) is 1.93. The highest BCUT2D eigenvalue weighted by Gasteiger charge is 2.16. The Hall–Kier alpha value is -1.09. The van der Waals surface area contributed by atoms with Gasteiger partial charge in [-0.25, -0.2) is 0 Å². The molecule has 0 aliphatic heterocycles.